The van der Waals surface area contributed by atoms with Crippen LogP contribution in [0.15, 0.2) is 16.7 Å². The Hall–Kier alpha value is -0.940. The molecule has 4 nitrogen and oxygen atoms in total. The molecule has 3 rings (SSSR count). The van der Waals surface area contributed by atoms with Gasteiger partial charge in [0.2, 0.25) is 5.91 Å². The van der Waals surface area contributed by atoms with Gasteiger partial charge in [-0.2, -0.15) is 0 Å². The van der Waals surface area contributed by atoms with Crippen molar-refractivity contribution in [3.8, 4) is 0 Å². The molecule has 1 saturated heterocycles. The second kappa shape index (κ2) is 4.07. The van der Waals surface area contributed by atoms with Crippen molar-refractivity contribution in [2.45, 2.75) is 31.8 Å². The lowest BCUT2D eigenvalue weighted by atomic mass is 10.1. The summed E-state index contributed by atoms with van der Waals surface area (Å²) < 4.78 is 0.737. The van der Waals surface area contributed by atoms with Gasteiger partial charge >= 0.3 is 0 Å². The zero-order valence-corrected chi connectivity index (χ0v) is 11.1. The molecule has 90 valence electrons. The fourth-order valence-electron chi connectivity index (χ4n) is 2.36. The summed E-state index contributed by atoms with van der Waals surface area (Å²) in [6.07, 6.45) is 2.20. The van der Waals surface area contributed by atoms with E-state index in [2.05, 4.69) is 31.5 Å². The van der Waals surface area contributed by atoms with Crippen LogP contribution < -0.4 is 10.6 Å². The zero-order valence-electron chi connectivity index (χ0n) is 9.53. The molecule has 5 heteroatoms. The van der Waals surface area contributed by atoms with Gasteiger partial charge in [-0.15, -0.1) is 0 Å². The molecule has 0 spiro atoms. The van der Waals surface area contributed by atoms with Crippen molar-refractivity contribution in [1.82, 2.24) is 10.3 Å². The first-order chi connectivity index (χ1) is 8.13. The summed E-state index contributed by atoms with van der Waals surface area (Å²) in [5.41, 5.74) is 0.977. The Morgan fingerprint density at radius 1 is 1.53 bits per heavy atom. The Morgan fingerprint density at radius 2 is 2.35 bits per heavy atom. The number of aryl methyl sites for hydroxylation is 1. The number of amides is 1. The van der Waals surface area contributed by atoms with Crippen LogP contribution in [0.3, 0.4) is 0 Å². The Kier molecular flexibility index (Phi) is 2.67. The third-order valence-electron chi connectivity index (χ3n) is 3.50. The van der Waals surface area contributed by atoms with Crippen molar-refractivity contribution in [2.75, 3.05) is 5.32 Å². The maximum Gasteiger partial charge on any atom is 0.242 e. The third kappa shape index (κ3) is 2.21. The lowest BCUT2D eigenvalue weighted by Gasteiger charge is -2.14. The van der Waals surface area contributed by atoms with Gasteiger partial charge in [0.1, 0.15) is 10.4 Å². The van der Waals surface area contributed by atoms with Gasteiger partial charge in [-0.05, 0) is 53.2 Å². The number of hydrogen-bond donors (Lipinski definition) is 2. The maximum absolute atomic E-state index is 12.0. The van der Waals surface area contributed by atoms with E-state index >= 15 is 0 Å². The van der Waals surface area contributed by atoms with E-state index in [4.69, 9.17) is 0 Å². The van der Waals surface area contributed by atoms with E-state index in [0.717, 1.165) is 22.5 Å². The van der Waals surface area contributed by atoms with Gasteiger partial charge in [0.15, 0.2) is 0 Å². The number of hydrogen-bond acceptors (Lipinski definition) is 3. The minimum atomic E-state index is -0.0427. The molecular weight excluding hydrogens is 282 g/mol. The van der Waals surface area contributed by atoms with E-state index in [0.29, 0.717) is 11.9 Å². The largest absolute Gasteiger partial charge is 0.309 e. The van der Waals surface area contributed by atoms with E-state index in [1.54, 1.807) is 0 Å². The number of nitrogens with one attached hydrogen (secondary N) is 2. The summed E-state index contributed by atoms with van der Waals surface area (Å²) in [6, 6.07) is 4.35. The molecule has 1 aromatic rings. The van der Waals surface area contributed by atoms with Crippen molar-refractivity contribution < 1.29 is 4.79 Å². The Morgan fingerprint density at radius 3 is 3.06 bits per heavy atom. The first-order valence-corrected chi connectivity index (χ1v) is 6.63. The van der Waals surface area contributed by atoms with Crippen molar-refractivity contribution >= 4 is 27.7 Å². The standard InChI is InChI=1S/C12H14BrN3O/c1-6-2-3-10(13)15-11(6)16-12(17)9-5-7-4-8(7)14-9/h2-3,7-9,14H,4-5H2,1H3,(H,15,16,17)/t7?,8-,9+/m1/s1. The van der Waals surface area contributed by atoms with Crippen molar-refractivity contribution in [1.29, 1.82) is 0 Å². The number of rotatable bonds is 2. The van der Waals surface area contributed by atoms with Crippen LogP contribution in [0.5, 0.6) is 0 Å². The van der Waals surface area contributed by atoms with Crippen LogP contribution in [-0.4, -0.2) is 23.0 Å². The molecule has 0 aromatic carbocycles. The second-order valence-corrected chi connectivity index (χ2v) is 5.66. The molecule has 3 atom stereocenters. The minimum Gasteiger partial charge on any atom is -0.309 e. The van der Waals surface area contributed by atoms with E-state index in [1.807, 2.05) is 19.1 Å². The van der Waals surface area contributed by atoms with Crippen LogP contribution in [0.2, 0.25) is 0 Å². The molecule has 0 bridgehead atoms. The van der Waals surface area contributed by atoms with Gasteiger partial charge in [-0.25, -0.2) is 4.98 Å². The average Bonchev–Trinajstić information content (AvgIpc) is 2.91. The molecule has 1 amide bonds. The van der Waals surface area contributed by atoms with E-state index in [1.165, 1.54) is 6.42 Å². The monoisotopic (exact) mass is 295 g/mol. The van der Waals surface area contributed by atoms with Gasteiger partial charge in [-0.3, -0.25) is 4.79 Å². The number of fused-ring (bicyclic) bond motifs is 1. The van der Waals surface area contributed by atoms with Crippen LogP contribution in [0.25, 0.3) is 0 Å². The average molecular weight is 296 g/mol. The van der Waals surface area contributed by atoms with Crippen LogP contribution >= 0.6 is 15.9 Å². The van der Waals surface area contributed by atoms with E-state index in [-0.39, 0.29) is 11.9 Å². The number of carbonyl (C=O) groups excluding carboxylic acids is 1. The molecule has 1 aliphatic heterocycles. The highest BCUT2D eigenvalue weighted by Gasteiger charge is 2.47. The Bertz CT molecular complexity index is 467. The topological polar surface area (TPSA) is 54.0 Å². The lowest BCUT2D eigenvalue weighted by Crippen LogP contribution is -2.38. The van der Waals surface area contributed by atoms with Gasteiger partial charge in [0, 0.05) is 6.04 Å². The normalized spacial score (nSPS) is 29.9. The van der Waals surface area contributed by atoms with E-state index < -0.39 is 0 Å². The zero-order chi connectivity index (χ0) is 12.0. The van der Waals surface area contributed by atoms with Gasteiger partial charge in [-0.1, -0.05) is 6.07 Å². The van der Waals surface area contributed by atoms with Gasteiger partial charge in [0.25, 0.3) is 0 Å². The molecule has 2 N–H and O–H groups in total. The first-order valence-electron chi connectivity index (χ1n) is 5.83. The molecule has 0 radical (unpaired) electrons. The predicted molar refractivity (Wildman–Crippen MR) is 68.7 cm³/mol. The molecular formula is C12H14BrN3O. The first kappa shape index (κ1) is 11.2. The summed E-state index contributed by atoms with van der Waals surface area (Å²) in [5, 5.41) is 6.22. The van der Waals surface area contributed by atoms with Gasteiger partial charge < -0.3 is 10.6 Å². The predicted octanol–water partition coefficient (Wildman–Crippen LogP) is 1.84. The summed E-state index contributed by atoms with van der Waals surface area (Å²) in [7, 11) is 0. The number of aromatic nitrogens is 1. The van der Waals surface area contributed by atoms with Crippen LogP contribution in [-0.2, 0) is 4.79 Å². The molecule has 1 aliphatic carbocycles. The van der Waals surface area contributed by atoms with Crippen molar-refractivity contribution in [2.24, 2.45) is 5.92 Å². The highest BCUT2D eigenvalue weighted by Crippen LogP contribution is 2.40. The SMILES string of the molecule is Cc1ccc(Br)nc1NC(=O)[C@@H]1CC2C[C@H]2N1. The molecule has 17 heavy (non-hydrogen) atoms. The van der Waals surface area contributed by atoms with Crippen LogP contribution in [0.1, 0.15) is 18.4 Å². The molecule has 2 fully saturated rings. The smallest absolute Gasteiger partial charge is 0.242 e. The summed E-state index contributed by atoms with van der Waals surface area (Å²) in [6.45, 7) is 1.94. The summed E-state index contributed by atoms with van der Waals surface area (Å²) in [5.74, 6) is 1.40. The van der Waals surface area contributed by atoms with E-state index in [9.17, 15) is 4.79 Å². The fourth-order valence-corrected chi connectivity index (χ4v) is 2.67. The molecule has 2 heterocycles. The fraction of sp³-hybridized carbons (Fsp3) is 0.500. The van der Waals surface area contributed by atoms with Gasteiger partial charge in [0.05, 0.1) is 6.04 Å². The maximum atomic E-state index is 12.0. The lowest BCUT2D eigenvalue weighted by molar-refractivity contribution is -0.118. The third-order valence-corrected chi connectivity index (χ3v) is 3.94. The number of nitrogens with zero attached hydrogens (tertiary/aromatic N) is 1. The minimum absolute atomic E-state index is 0.0332. The second-order valence-electron chi connectivity index (χ2n) is 4.85. The van der Waals surface area contributed by atoms with Crippen LogP contribution in [0, 0.1) is 12.8 Å². The number of halogens is 1. The summed E-state index contributed by atoms with van der Waals surface area (Å²) >= 11 is 3.31. The summed E-state index contributed by atoms with van der Waals surface area (Å²) in [4.78, 5) is 16.3. The molecule has 1 aromatic heterocycles. The molecule has 2 aliphatic rings. The molecule has 1 saturated carbocycles. The van der Waals surface area contributed by atoms with Crippen molar-refractivity contribution in [3.05, 3.63) is 22.3 Å². The quantitative estimate of drug-likeness (QED) is 0.819. The van der Waals surface area contributed by atoms with Crippen molar-refractivity contribution in [3.63, 3.8) is 0 Å². The number of piperidine rings is 1. The number of anilines is 1. The number of pyridine rings is 1. The Balaban J connectivity index is 1.69. The van der Waals surface area contributed by atoms with Crippen LogP contribution in [0.4, 0.5) is 5.82 Å². The highest BCUT2D eigenvalue weighted by molar-refractivity contribution is 9.10. The molecule has 1 unspecified atom stereocenters. The number of carbonyl (C=O) groups is 1. The Labute approximate surface area is 108 Å². The highest BCUT2D eigenvalue weighted by atomic mass is 79.9.